The summed E-state index contributed by atoms with van der Waals surface area (Å²) in [7, 11) is 0. The van der Waals surface area contributed by atoms with E-state index in [9.17, 15) is 9.59 Å². The third-order valence-electron chi connectivity index (χ3n) is 1.77. The van der Waals surface area contributed by atoms with Gasteiger partial charge >= 0.3 is 0 Å². The van der Waals surface area contributed by atoms with E-state index < -0.39 is 6.04 Å². The second-order valence-corrected chi connectivity index (χ2v) is 3.41. The average molecular weight is 213 g/mol. The zero-order chi connectivity index (χ0) is 10.6. The summed E-state index contributed by atoms with van der Waals surface area (Å²) in [6.07, 6.45) is 0.413. The van der Waals surface area contributed by atoms with Crippen molar-refractivity contribution in [1.29, 1.82) is 0 Å². The van der Waals surface area contributed by atoms with E-state index in [-0.39, 0.29) is 17.4 Å². The Morgan fingerprint density at radius 2 is 2.36 bits per heavy atom. The summed E-state index contributed by atoms with van der Waals surface area (Å²) in [5.41, 5.74) is 0.255. The molecule has 0 aliphatic rings. The highest BCUT2D eigenvalue weighted by atomic mass is 32.1. The van der Waals surface area contributed by atoms with Crippen LogP contribution in [0.15, 0.2) is 5.38 Å². The molecule has 1 unspecified atom stereocenters. The van der Waals surface area contributed by atoms with E-state index in [1.165, 1.54) is 0 Å². The van der Waals surface area contributed by atoms with Gasteiger partial charge in [-0.1, -0.05) is 11.4 Å². The predicted octanol–water partition coefficient (Wildman–Crippen LogP) is 0.635. The van der Waals surface area contributed by atoms with Gasteiger partial charge in [0.05, 0.1) is 6.04 Å². The van der Waals surface area contributed by atoms with E-state index in [1.807, 2.05) is 0 Å². The minimum Gasteiger partial charge on any atom is -0.341 e. The molecule has 0 radical (unpaired) electrons. The van der Waals surface area contributed by atoms with Crippen molar-refractivity contribution in [1.82, 2.24) is 14.9 Å². The Balaban J connectivity index is 2.53. The molecule has 0 aliphatic heterocycles. The molecule has 0 saturated carbocycles. The molecular weight excluding hydrogens is 202 g/mol. The summed E-state index contributed by atoms with van der Waals surface area (Å²) < 4.78 is 3.56. The average Bonchev–Trinajstić information content (AvgIpc) is 2.69. The van der Waals surface area contributed by atoms with Crippen molar-refractivity contribution in [3.8, 4) is 0 Å². The van der Waals surface area contributed by atoms with Gasteiger partial charge in [0.1, 0.15) is 0 Å². The van der Waals surface area contributed by atoms with Crippen molar-refractivity contribution in [3.63, 3.8) is 0 Å². The molecule has 1 heterocycles. The lowest BCUT2D eigenvalue weighted by atomic mass is 10.1. The number of ketones is 1. The van der Waals surface area contributed by atoms with Gasteiger partial charge in [-0.25, -0.2) is 0 Å². The minimum absolute atomic E-state index is 0.00142. The molecule has 0 aliphatic carbocycles. The summed E-state index contributed by atoms with van der Waals surface area (Å²) in [5.74, 6) is -0.352. The fourth-order valence-corrected chi connectivity index (χ4v) is 1.36. The van der Waals surface area contributed by atoms with Crippen LogP contribution >= 0.6 is 11.5 Å². The lowest BCUT2D eigenvalue weighted by molar-refractivity contribution is -0.120. The molecule has 5 nitrogen and oxygen atoms in total. The maximum absolute atomic E-state index is 11.4. The number of hydrogen-bond donors (Lipinski definition) is 1. The number of rotatable bonds is 4. The summed E-state index contributed by atoms with van der Waals surface area (Å²) in [6.45, 7) is 3.42. The third-order valence-corrected chi connectivity index (χ3v) is 2.28. The molecule has 1 aromatic heterocycles. The van der Waals surface area contributed by atoms with E-state index in [1.54, 1.807) is 19.2 Å². The number of amides is 1. The molecule has 1 aromatic rings. The molecule has 14 heavy (non-hydrogen) atoms. The smallest absolute Gasteiger partial charge is 0.273 e. The van der Waals surface area contributed by atoms with E-state index in [0.717, 1.165) is 11.5 Å². The van der Waals surface area contributed by atoms with Gasteiger partial charge in [0.25, 0.3) is 5.91 Å². The Bertz CT molecular complexity index is 323. The minimum atomic E-state index is -0.464. The fraction of sp³-hybridized carbons (Fsp3) is 0.500. The number of nitrogens with one attached hydrogen (secondary N) is 1. The first-order valence-electron chi connectivity index (χ1n) is 4.25. The molecule has 6 heteroatoms. The molecule has 1 amide bonds. The van der Waals surface area contributed by atoms with Gasteiger partial charge in [-0.2, -0.15) is 0 Å². The van der Waals surface area contributed by atoms with Gasteiger partial charge < -0.3 is 5.32 Å². The fourth-order valence-electron chi connectivity index (χ4n) is 0.921. The zero-order valence-electron chi connectivity index (χ0n) is 7.98. The maximum Gasteiger partial charge on any atom is 0.273 e. The van der Waals surface area contributed by atoms with E-state index in [2.05, 4.69) is 14.9 Å². The normalized spacial score (nSPS) is 12.1. The van der Waals surface area contributed by atoms with Gasteiger partial charge in [-0.3, -0.25) is 9.59 Å². The van der Waals surface area contributed by atoms with Crippen LogP contribution in [-0.2, 0) is 4.79 Å². The highest BCUT2D eigenvalue weighted by Crippen LogP contribution is 1.98. The second-order valence-electron chi connectivity index (χ2n) is 2.81. The molecule has 0 spiro atoms. The topological polar surface area (TPSA) is 72.0 Å². The van der Waals surface area contributed by atoms with Gasteiger partial charge in [0.2, 0.25) is 0 Å². The largest absolute Gasteiger partial charge is 0.341 e. The van der Waals surface area contributed by atoms with Crippen LogP contribution in [0.3, 0.4) is 0 Å². The highest BCUT2D eigenvalue weighted by Gasteiger charge is 2.16. The van der Waals surface area contributed by atoms with Gasteiger partial charge in [0, 0.05) is 11.8 Å². The first-order valence-corrected chi connectivity index (χ1v) is 5.09. The molecule has 1 rings (SSSR count). The van der Waals surface area contributed by atoms with Crippen LogP contribution in [0.5, 0.6) is 0 Å². The van der Waals surface area contributed by atoms with Gasteiger partial charge in [-0.05, 0) is 18.5 Å². The molecule has 1 N–H and O–H groups in total. The summed E-state index contributed by atoms with van der Waals surface area (Å²) in [4.78, 5) is 22.5. The Morgan fingerprint density at radius 3 is 2.86 bits per heavy atom. The van der Waals surface area contributed by atoms with Crippen LogP contribution in [0.4, 0.5) is 0 Å². The predicted molar refractivity (Wildman–Crippen MR) is 52.1 cm³/mol. The molecule has 0 aromatic carbocycles. The lowest BCUT2D eigenvalue weighted by Gasteiger charge is -2.09. The van der Waals surface area contributed by atoms with Crippen LogP contribution in [0.2, 0.25) is 0 Å². The summed E-state index contributed by atoms with van der Waals surface area (Å²) in [6, 6.07) is -0.464. The number of hydrogen-bond acceptors (Lipinski definition) is 5. The molecule has 76 valence electrons. The SMILES string of the molecule is CCC(=O)C(C)NC(=O)c1csnn1. The van der Waals surface area contributed by atoms with Crippen molar-refractivity contribution >= 4 is 23.2 Å². The molecule has 0 saturated heterocycles. The van der Waals surface area contributed by atoms with Crippen LogP contribution < -0.4 is 5.32 Å². The quantitative estimate of drug-likeness (QED) is 0.796. The number of carbonyl (C=O) groups is 2. The first-order chi connectivity index (χ1) is 6.65. The summed E-state index contributed by atoms with van der Waals surface area (Å²) >= 11 is 1.10. The number of carbonyl (C=O) groups excluding carboxylic acids is 2. The Labute approximate surface area is 85.7 Å². The molecule has 1 atom stereocenters. The summed E-state index contributed by atoms with van der Waals surface area (Å²) in [5, 5.41) is 7.69. The van der Waals surface area contributed by atoms with E-state index in [4.69, 9.17) is 0 Å². The van der Waals surface area contributed by atoms with Crippen LogP contribution in [-0.4, -0.2) is 27.3 Å². The van der Waals surface area contributed by atoms with E-state index in [0.29, 0.717) is 6.42 Å². The van der Waals surface area contributed by atoms with Crippen LogP contribution in [0.1, 0.15) is 30.8 Å². The standard InChI is InChI=1S/C8H11N3O2S/c1-3-7(12)5(2)9-8(13)6-4-14-11-10-6/h4-5H,3H2,1-2H3,(H,9,13). The second kappa shape index (κ2) is 4.80. The Kier molecular flexibility index (Phi) is 3.70. The zero-order valence-corrected chi connectivity index (χ0v) is 8.80. The number of Topliss-reactive ketones (excluding diaryl/α,β-unsaturated/α-hetero) is 1. The number of nitrogens with zero attached hydrogens (tertiary/aromatic N) is 2. The highest BCUT2D eigenvalue weighted by molar-refractivity contribution is 7.03. The lowest BCUT2D eigenvalue weighted by Crippen LogP contribution is -2.38. The monoisotopic (exact) mass is 213 g/mol. The Hall–Kier alpha value is -1.30. The molecular formula is C8H11N3O2S. The van der Waals surface area contributed by atoms with E-state index >= 15 is 0 Å². The van der Waals surface area contributed by atoms with Crippen LogP contribution in [0, 0.1) is 0 Å². The van der Waals surface area contributed by atoms with Crippen molar-refractivity contribution in [2.75, 3.05) is 0 Å². The Morgan fingerprint density at radius 1 is 1.64 bits per heavy atom. The van der Waals surface area contributed by atoms with Crippen LogP contribution in [0.25, 0.3) is 0 Å². The molecule has 0 bridgehead atoms. The first kappa shape index (κ1) is 10.8. The number of aromatic nitrogens is 2. The molecule has 0 fully saturated rings. The maximum atomic E-state index is 11.4. The van der Waals surface area contributed by atoms with Crippen molar-refractivity contribution < 1.29 is 9.59 Å². The van der Waals surface area contributed by atoms with Crippen molar-refractivity contribution in [2.45, 2.75) is 26.3 Å². The van der Waals surface area contributed by atoms with Gasteiger partial charge in [0.15, 0.2) is 11.5 Å². The third kappa shape index (κ3) is 2.59. The van der Waals surface area contributed by atoms with Crippen molar-refractivity contribution in [3.05, 3.63) is 11.1 Å². The van der Waals surface area contributed by atoms with Crippen molar-refractivity contribution in [2.24, 2.45) is 0 Å². The van der Waals surface area contributed by atoms with Gasteiger partial charge in [-0.15, -0.1) is 5.10 Å².